The highest BCUT2D eigenvalue weighted by atomic mass is 35.5. The van der Waals surface area contributed by atoms with Crippen molar-refractivity contribution in [1.82, 2.24) is 5.32 Å². The van der Waals surface area contributed by atoms with E-state index in [9.17, 15) is 27.2 Å². The number of nitrogens with one attached hydrogen (secondary N) is 3. The lowest BCUT2D eigenvalue weighted by molar-refractivity contribution is -0.140. The van der Waals surface area contributed by atoms with Gasteiger partial charge in [-0.25, -0.2) is 14.2 Å². The summed E-state index contributed by atoms with van der Waals surface area (Å²) >= 11 is 6.19. The fourth-order valence-corrected chi connectivity index (χ4v) is 3.06. The summed E-state index contributed by atoms with van der Waals surface area (Å²) in [4.78, 5) is 31.8. The van der Waals surface area contributed by atoms with Gasteiger partial charge in [0.1, 0.15) is 17.4 Å². The number of aliphatic imine (C=N–C) groups is 2. The van der Waals surface area contributed by atoms with E-state index in [1.807, 2.05) is 0 Å². The Hall–Kier alpha value is -3.93. The molecule has 0 atom stereocenters. The Balaban J connectivity index is 1.65. The molecule has 0 unspecified atom stereocenters. The van der Waals surface area contributed by atoms with Crippen LogP contribution in [-0.2, 0) is 11.0 Å². The number of ether oxygens (including phenoxy) is 1. The molecule has 3 amide bonds. The first kappa shape index (κ1) is 26.7. The number of nitrogens with zero attached hydrogens (tertiary/aromatic N) is 2. The molecule has 0 heterocycles. The van der Waals surface area contributed by atoms with Crippen LogP contribution in [0.4, 0.5) is 33.7 Å². The molecular weight excluding hydrogens is 506 g/mol. The topological polar surface area (TPSA) is 104 Å². The van der Waals surface area contributed by atoms with Crippen LogP contribution in [0.2, 0.25) is 5.02 Å². The molecule has 0 aliphatic heterocycles. The van der Waals surface area contributed by atoms with Crippen LogP contribution in [0.3, 0.4) is 0 Å². The summed E-state index contributed by atoms with van der Waals surface area (Å²) in [5, 5.41) is 7.23. The smallest absolute Gasteiger partial charge is 0.419 e. The average Bonchev–Trinajstić information content (AvgIpc) is 3.66. The van der Waals surface area contributed by atoms with E-state index in [0.29, 0.717) is 12.1 Å². The number of hydrogen-bond acceptors (Lipinski definition) is 5. The van der Waals surface area contributed by atoms with E-state index in [1.54, 1.807) is 0 Å². The maximum absolute atomic E-state index is 13.4. The Morgan fingerprint density at radius 2 is 1.89 bits per heavy atom. The minimum Gasteiger partial charge on any atom is -0.439 e. The molecule has 1 saturated carbocycles. The second-order valence-corrected chi connectivity index (χ2v) is 7.94. The predicted octanol–water partition coefficient (Wildman–Crippen LogP) is 5.62. The van der Waals surface area contributed by atoms with E-state index < -0.39 is 23.6 Å². The minimum atomic E-state index is -4.92. The van der Waals surface area contributed by atoms with E-state index in [-0.39, 0.29) is 45.7 Å². The Bertz CT molecular complexity index is 1240. The van der Waals surface area contributed by atoms with Gasteiger partial charge in [0.2, 0.25) is 11.8 Å². The van der Waals surface area contributed by atoms with Crippen LogP contribution >= 0.6 is 11.6 Å². The second kappa shape index (κ2) is 11.2. The van der Waals surface area contributed by atoms with E-state index >= 15 is 0 Å². The molecule has 2 aromatic carbocycles. The molecule has 1 aliphatic carbocycles. The lowest BCUT2D eigenvalue weighted by Gasteiger charge is -2.13. The van der Waals surface area contributed by atoms with E-state index in [2.05, 4.69) is 32.7 Å². The van der Waals surface area contributed by atoms with Gasteiger partial charge in [0.25, 0.3) is 0 Å². The van der Waals surface area contributed by atoms with Gasteiger partial charge in [0.15, 0.2) is 0 Å². The molecule has 1 aliphatic rings. The summed E-state index contributed by atoms with van der Waals surface area (Å²) in [7, 11) is 1.46. The normalized spacial score (nSPS) is 14.2. The third kappa shape index (κ3) is 7.28. The molecule has 0 bridgehead atoms. The molecule has 190 valence electrons. The van der Waals surface area contributed by atoms with Crippen molar-refractivity contribution in [3.05, 3.63) is 64.7 Å². The highest BCUT2D eigenvalue weighted by molar-refractivity contribution is 6.34. The molecule has 3 N–H and O–H groups in total. The van der Waals surface area contributed by atoms with E-state index in [1.165, 1.54) is 31.3 Å². The molecule has 2 aromatic rings. The monoisotopic (exact) mass is 525 g/mol. The number of carbonyl (C=O) groups excluding carboxylic acids is 2. The standard InChI is InChI=1S/C23H20ClF4N5O3/c1-29-19(33-21(34)12-3-4-12)11-20(30-2)36-14-6-8-18(16(24)10-14)32-22(35)31-13-5-7-17(25)15(9-13)23(26,27)28/h5-12H,1,3-4H2,2H3,(H,33,34)(H2,31,32,35)/b19-11+,30-20?. The summed E-state index contributed by atoms with van der Waals surface area (Å²) in [6, 6.07) is 5.36. The van der Waals surface area contributed by atoms with Crippen LogP contribution in [0.1, 0.15) is 18.4 Å². The number of amides is 3. The van der Waals surface area contributed by atoms with Gasteiger partial charge in [0, 0.05) is 30.8 Å². The van der Waals surface area contributed by atoms with Crippen molar-refractivity contribution in [2.45, 2.75) is 19.0 Å². The zero-order valence-corrected chi connectivity index (χ0v) is 19.5. The van der Waals surface area contributed by atoms with Gasteiger partial charge in [0.05, 0.1) is 16.3 Å². The SMILES string of the molecule is C=N/C(=C\C(=NC)Oc1ccc(NC(=O)Nc2ccc(F)c(C(F)(F)F)c2)c(Cl)c1)NC(=O)C1CC1. The summed E-state index contributed by atoms with van der Waals surface area (Å²) in [6.07, 6.45) is -1.91. The predicted molar refractivity (Wildman–Crippen MR) is 128 cm³/mol. The minimum absolute atomic E-state index is 0.0381. The third-order valence-electron chi connectivity index (χ3n) is 4.79. The van der Waals surface area contributed by atoms with Crippen LogP contribution in [0.25, 0.3) is 0 Å². The van der Waals surface area contributed by atoms with Gasteiger partial charge in [-0.1, -0.05) is 11.6 Å². The van der Waals surface area contributed by atoms with Crippen LogP contribution < -0.4 is 20.7 Å². The van der Waals surface area contributed by atoms with E-state index in [0.717, 1.165) is 18.9 Å². The van der Waals surface area contributed by atoms with Crippen molar-refractivity contribution in [2.75, 3.05) is 17.7 Å². The Morgan fingerprint density at radius 3 is 2.47 bits per heavy atom. The fraction of sp³-hybridized carbons (Fsp3) is 0.217. The van der Waals surface area contributed by atoms with Gasteiger partial charge in [-0.3, -0.25) is 9.79 Å². The maximum atomic E-state index is 13.4. The largest absolute Gasteiger partial charge is 0.439 e. The third-order valence-corrected chi connectivity index (χ3v) is 5.10. The number of rotatable bonds is 7. The van der Waals surface area contributed by atoms with Gasteiger partial charge >= 0.3 is 12.2 Å². The van der Waals surface area contributed by atoms with Crippen molar-refractivity contribution in [1.29, 1.82) is 0 Å². The number of benzene rings is 2. The van der Waals surface area contributed by atoms with Crippen molar-refractivity contribution in [2.24, 2.45) is 15.9 Å². The summed E-state index contributed by atoms with van der Waals surface area (Å²) in [6.45, 7) is 3.41. The highest BCUT2D eigenvalue weighted by Crippen LogP contribution is 2.33. The van der Waals surface area contributed by atoms with Crippen LogP contribution in [0.15, 0.2) is 58.3 Å². The molecule has 36 heavy (non-hydrogen) atoms. The first-order valence-electron chi connectivity index (χ1n) is 10.4. The van der Waals surface area contributed by atoms with Gasteiger partial charge in [-0.05, 0) is 49.9 Å². The second-order valence-electron chi connectivity index (χ2n) is 7.53. The van der Waals surface area contributed by atoms with Crippen LogP contribution in [-0.4, -0.2) is 31.6 Å². The van der Waals surface area contributed by atoms with Crippen molar-refractivity contribution < 1.29 is 31.9 Å². The highest BCUT2D eigenvalue weighted by Gasteiger charge is 2.34. The average molecular weight is 526 g/mol. The molecule has 8 nitrogen and oxygen atoms in total. The van der Waals surface area contributed by atoms with Crippen molar-refractivity contribution in [3.63, 3.8) is 0 Å². The molecule has 0 saturated heterocycles. The summed E-state index contributed by atoms with van der Waals surface area (Å²) in [5.74, 6) is -1.20. The Labute approximate surface area is 208 Å². The van der Waals surface area contributed by atoms with Crippen molar-refractivity contribution >= 4 is 47.5 Å². The number of carbonyl (C=O) groups is 2. The Morgan fingerprint density at radius 1 is 1.17 bits per heavy atom. The first-order chi connectivity index (χ1) is 17.0. The van der Waals surface area contributed by atoms with Gasteiger partial charge in [-0.2, -0.15) is 13.2 Å². The quantitative estimate of drug-likeness (QED) is 0.248. The number of urea groups is 1. The first-order valence-corrected chi connectivity index (χ1v) is 10.8. The molecule has 3 rings (SSSR count). The zero-order valence-electron chi connectivity index (χ0n) is 18.7. The van der Waals surface area contributed by atoms with Crippen LogP contribution in [0.5, 0.6) is 5.75 Å². The molecule has 0 aromatic heterocycles. The number of anilines is 2. The maximum Gasteiger partial charge on any atom is 0.419 e. The zero-order chi connectivity index (χ0) is 26.5. The van der Waals surface area contributed by atoms with Crippen LogP contribution in [0, 0.1) is 11.7 Å². The molecule has 0 radical (unpaired) electrons. The molecular formula is C23H20ClF4N5O3. The molecule has 0 spiro atoms. The van der Waals surface area contributed by atoms with E-state index in [4.69, 9.17) is 16.3 Å². The number of halogens is 5. The molecule has 13 heteroatoms. The summed E-state index contributed by atoms with van der Waals surface area (Å²) < 4.78 is 57.6. The van der Waals surface area contributed by atoms with Gasteiger partial charge < -0.3 is 20.7 Å². The molecule has 1 fully saturated rings. The Kier molecular flexibility index (Phi) is 8.30. The van der Waals surface area contributed by atoms with Crippen molar-refractivity contribution in [3.8, 4) is 5.75 Å². The lowest BCUT2D eigenvalue weighted by Crippen LogP contribution is -2.24. The number of alkyl halides is 3. The lowest BCUT2D eigenvalue weighted by atomic mass is 10.2. The van der Waals surface area contributed by atoms with Gasteiger partial charge in [-0.15, -0.1) is 0 Å². The summed E-state index contributed by atoms with van der Waals surface area (Å²) in [5.41, 5.74) is -1.66. The number of hydrogen-bond donors (Lipinski definition) is 3. The fourth-order valence-electron chi connectivity index (χ4n) is 2.84.